The number of aliphatic hydroxyl groups is 1. The van der Waals surface area contributed by atoms with E-state index >= 15 is 0 Å². The third-order valence-electron chi connectivity index (χ3n) is 9.70. The van der Waals surface area contributed by atoms with Gasteiger partial charge in [-0.3, -0.25) is 19.0 Å². The summed E-state index contributed by atoms with van der Waals surface area (Å²) in [6.45, 7) is 8.39. The van der Waals surface area contributed by atoms with Gasteiger partial charge in [-0.15, -0.1) is 0 Å². The fraction of sp³-hybridized carbons (Fsp3) is 0.442. The molecule has 1 fully saturated rings. The van der Waals surface area contributed by atoms with Gasteiger partial charge in [-0.05, 0) is 82.5 Å². The van der Waals surface area contributed by atoms with Crippen molar-refractivity contribution in [1.29, 1.82) is 0 Å². The number of aromatic nitrogens is 2. The fourth-order valence-corrected chi connectivity index (χ4v) is 6.43. The number of benzene rings is 3. The van der Waals surface area contributed by atoms with Crippen LogP contribution in [0.5, 0.6) is 11.5 Å². The Morgan fingerprint density at radius 1 is 0.719 bits per heavy atom. The second-order valence-corrected chi connectivity index (χ2v) is 15.8. The van der Waals surface area contributed by atoms with Crippen LogP contribution in [0.15, 0.2) is 94.6 Å². The maximum atomic E-state index is 14.1. The molecule has 3 aromatic carbocycles. The van der Waals surface area contributed by atoms with Gasteiger partial charge in [0.1, 0.15) is 41.5 Å². The van der Waals surface area contributed by atoms with Crippen molar-refractivity contribution in [2.75, 3.05) is 27.9 Å². The lowest BCUT2D eigenvalue weighted by molar-refractivity contribution is -0.157. The van der Waals surface area contributed by atoms with Gasteiger partial charge in [-0.1, -0.05) is 54.6 Å². The molecule has 0 aliphatic carbocycles. The summed E-state index contributed by atoms with van der Waals surface area (Å²) >= 11 is 0. The molecule has 0 saturated carbocycles. The average Bonchev–Trinajstić information content (AvgIpc) is 3.51. The van der Waals surface area contributed by atoms with Crippen LogP contribution in [-0.4, -0.2) is 72.4 Å². The third kappa shape index (κ3) is 9.15. The molecule has 4 aromatic rings. The molecule has 1 aliphatic heterocycles. The maximum Gasteiger partial charge on any atom is 0.336 e. The van der Waals surface area contributed by atoms with Crippen LogP contribution in [0.3, 0.4) is 0 Å². The van der Waals surface area contributed by atoms with Crippen molar-refractivity contribution in [2.45, 2.75) is 85.0 Å². The van der Waals surface area contributed by atoms with E-state index in [0.29, 0.717) is 16.1 Å². The molecule has 2 heterocycles. The number of esters is 2. The Balaban J connectivity index is 1.57. The Hall–Kier alpha value is -5.28. The molecular formula is C43H52N2O12. The van der Waals surface area contributed by atoms with Gasteiger partial charge in [0.25, 0.3) is 5.56 Å². The standard InChI is InChI=1S/C43H52N2O12/c1-41(2,3)38(48)54-25-44-23-32(37(47)45(40(44)50)26-55-39(49)42(4,5)6)35-36(53-9)34(46)33(57-35)24-56-43(27-13-11-10-12-14-27,28-15-19-30(51-7)20-16-28)29-17-21-31(52-8)22-18-29/h10-23,33-36,46H,24-26H2,1-9H3/t33-,34-,35+,36-/m1/s1. The first-order valence-electron chi connectivity index (χ1n) is 18.5. The highest BCUT2D eigenvalue weighted by Gasteiger charge is 2.48. The van der Waals surface area contributed by atoms with Crippen molar-refractivity contribution < 1.29 is 47.9 Å². The van der Waals surface area contributed by atoms with Gasteiger partial charge in [0.05, 0.1) is 37.2 Å². The Morgan fingerprint density at radius 2 is 1.21 bits per heavy atom. The van der Waals surface area contributed by atoms with Crippen LogP contribution in [0.1, 0.15) is 69.9 Å². The van der Waals surface area contributed by atoms with Crippen molar-refractivity contribution in [3.05, 3.63) is 128 Å². The van der Waals surface area contributed by atoms with Crippen LogP contribution in [0, 0.1) is 10.8 Å². The molecule has 0 bridgehead atoms. The van der Waals surface area contributed by atoms with E-state index in [0.717, 1.165) is 21.3 Å². The lowest BCUT2D eigenvalue weighted by Gasteiger charge is -2.37. The number of carbonyl (C=O) groups excluding carboxylic acids is 2. The third-order valence-corrected chi connectivity index (χ3v) is 9.70. The van der Waals surface area contributed by atoms with Gasteiger partial charge < -0.3 is 38.3 Å². The van der Waals surface area contributed by atoms with E-state index in [1.54, 1.807) is 55.8 Å². The zero-order valence-corrected chi connectivity index (χ0v) is 33.8. The number of methoxy groups -OCH3 is 3. The summed E-state index contributed by atoms with van der Waals surface area (Å²) in [5, 5.41) is 11.8. The normalized spacial score (nSPS) is 18.6. The molecule has 0 radical (unpaired) electrons. The highest BCUT2D eigenvalue weighted by Crippen LogP contribution is 2.43. The van der Waals surface area contributed by atoms with E-state index in [2.05, 4.69) is 0 Å². The number of rotatable bonds is 14. The Kier molecular flexibility index (Phi) is 13.1. The van der Waals surface area contributed by atoms with Gasteiger partial charge in [0.2, 0.25) is 0 Å². The predicted molar refractivity (Wildman–Crippen MR) is 209 cm³/mol. The SMILES string of the molecule is COc1ccc(C(OC[C@H]2O[C@@H](c3cn(COC(=O)C(C)(C)C)c(=O)n(COC(=O)C(C)(C)C)c3=O)[C@H](OC)[C@@H]2O)(c2ccccc2)c2ccc(OC)cc2)cc1. The zero-order chi connectivity index (χ0) is 41.7. The van der Waals surface area contributed by atoms with Crippen LogP contribution in [-0.2, 0) is 52.3 Å². The van der Waals surface area contributed by atoms with Crippen LogP contribution in [0.25, 0.3) is 0 Å². The van der Waals surface area contributed by atoms with E-state index in [-0.39, 0.29) is 12.2 Å². The van der Waals surface area contributed by atoms with Crippen LogP contribution < -0.4 is 20.7 Å². The number of ether oxygens (including phenoxy) is 7. The van der Waals surface area contributed by atoms with Crippen LogP contribution in [0.2, 0.25) is 0 Å². The smallest absolute Gasteiger partial charge is 0.336 e. The van der Waals surface area contributed by atoms with Gasteiger partial charge >= 0.3 is 17.6 Å². The molecule has 1 aliphatic rings. The topological polar surface area (TPSA) is 163 Å². The molecule has 0 spiro atoms. The highest BCUT2D eigenvalue weighted by atomic mass is 16.6. The van der Waals surface area contributed by atoms with E-state index in [9.17, 15) is 24.3 Å². The molecular weight excluding hydrogens is 736 g/mol. The maximum absolute atomic E-state index is 14.1. The molecule has 14 nitrogen and oxygen atoms in total. The first-order valence-corrected chi connectivity index (χ1v) is 18.5. The van der Waals surface area contributed by atoms with Gasteiger partial charge in [0, 0.05) is 13.3 Å². The zero-order valence-electron chi connectivity index (χ0n) is 33.8. The van der Waals surface area contributed by atoms with E-state index < -0.39 is 77.5 Å². The highest BCUT2D eigenvalue weighted by molar-refractivity contribution is 5.75. The monoisotopic (exact) mass is 788 g/mol. The summed E-state index contributed by atoms with van der Waals surface area (Å²) in [5.74, 6) is 0.0382. The predicted octanol–water partition coefficient (Wildman–Crippen LogP) is 4.95. The summed E-state index contributed by atoms with van der Waals surface area (Å²) in [4.78, 5) is 53.2. The Morgan fingerprint density at radius 3 is 1.68 bits per heavy atom. The molecule has 5 rings (SSSR count). The first kappa shape index (κ1) is 42.9. The lowest BCUT2D eigenvalue weighted by Crippen LogP contribution is -2.45. The molecule has 1 aromatic heterocycles. The summed E-state index contributed by atoms with van der Waals surface area (Å²) < 4.78 is 42.6. The molecule has 57 heavy (non-hydrogen) atoms. The fourth-order valence-electron chi connectivity index (χ4n) is 6.43. The van der Waals surface area contributed by atoms with Crippen molar-refractivity contribution in [2.24, 2.45) is 10.8 Å². The second kappa shape index (κ2) is 17.5. The second-order valence-electron chi connectivity index (χ2n) is 15.8. The number of hydrogen-bond acceptors (Lipinski definition) is 12. The lowest BCUT2D eigenvalue weighted by atomic mass is 9.80. The molecule has 1 saturated heterocycles. The Labute approximate surface area is 331 Å². The quantitative estimate of drug-likeness (QED) is 0.136. The molecule has 0 unspecified atom stereocenters. The molecule has 14 heteroatoms. The van der Waals surface area contributed by atoms with E-state index in [4.69, 9.17) is 33.2 Å². The van der Waals surface area contributed by atoms with Crippen LogP contribution >= 0.6 is 0 Å². The molecule has 4 atom stereocenters. The average molecular weight is 789 g/mol. The van der Waals surface area contributed by atoms with Gasteiger partial charge in [-0.2, -0.15) is 0 Å². The van der Waals surface area contributed by atoms with Crippen molar-refractivity contribution in [3.63, 3.8) is 0 Å². The number of aliphatic hydroxyl groups excluding tert-OH is 1. The summed E-state index contributed by atoms with van der Waals surface area (Å²) in [5.41, 5.74) is -2.66. The Bertz CT molecular complexity index is 2070. The van der Waals surface area contributed by atoms with Crippen molar-refractivity contribution in [1.82, 2.24) is 9.13 Å². The van der Waals surface area contributed by atoms with Crippen molar-refractivity contribution >= 4 is 11.9 Å². The molecule has 1 N–H and O–H groups in total. The minimum atomic E-state index is -1.33. The largest absolute Gasteiger partial charge is 0.497 e. The minimum absolute atomic E-state index is 0.110. The van der Waals surface area contributed by atoms with Crippen LogP contribution in [0.4, 0.5) is 0 Å². The first-order chi connectivity index (χ1) is 27.0. The molecule has 306 valence electrons. The van der Waals surface area contributed by atoms with E-state index in [1.807, 2.05) is 78.9 Å². The van der Waals surface area contributed by atoms with Crippen molar-refractivity contribution in [3.8, 4) is 11.5 Å². The number of nitrogens with zero attached hydrogens (tertiary/aromatic N) is 2. The van der Waals surface area contributed by atoms with Gasteiger partial charge in [0.15, 0.2) is 13.5 Å². The molecule has 0 amide bonds. The number of carbonyl (C=O) groups is 2. The summed E-state index contributed by atoms with van der Waals surface area (Å²) in [6, 6.07) is 24.5. The summed E-state index contributed by atoms with van der Waals surface area (Å²) in [6.07, 6.45) is -3.55. The van der Waals surface area contributed by atoms with Gasteiger partial charge in [-0.25, -0.2) is 9.36 Å². The summed E-state index contributed by atoms with van der Waals surface area (Å²) in [7, 11) is 4.53. The number of hydrogen-bond donors (Lipinski definition) is 1. The van der Waals surface area contributed by atoms with E-state index in [1.165, 1.54) is 13.3 Å². The minimum Gasteiger partial charge on any atom is -0.497 e.